The number of halogens is 2. The first-order valence-corrected chi connectivity index (χ1v) is 12.3. The van der Waals surface area contributed by atoms with Crippen LogP contribution in [-0.4, -0.2) is 10.6 Å². The van der Waals surface area contributed by atoms with Crippen LogP contribution >= 0.6 is 17.9 Å². The molecule has 0 amide bonds. The van der Waals surface area contributed by atoms with E-state index in [0.717, 1.165) is 27.3 Å². The summed E-state index contributed by atoms with van der Waals surface area (Å²) in [4.78, 5) is 0. The van der Waals surface area contributed by atoms with Crippen LogP contribution in [0.3, 0.4) is 0 Å². The van der Waals surface area contributed by atoms with Gasteiger partial charge in [-0.1, -0.05) is 67.8 Å². The van der Waals surface area contributed by atoms with E-state index < -0.39 is 0 Å². The number of nitrogens with zero attached hydrogens (tertiary/aromatic N) is 1. The summed E-state index contributed by atoms with van der Waals surface area (Å²) in [7, 11) is 4.90. The average Bonchev–Trinajstić information content (AvgIpc) is 2.58. The Balaban J connectivity index is 0.00000190. The molecule has 0 spiro atoms. The van der Waals surface area contributed by atoms with Crippen LogP contribution in [0.25, 0.3) is 5.32 Å². The Morgan fingerprint density at radius 1 is 1.04 bits per heavy atom. The summed E-state index contributed by atoms with van der Waals surface area (Å²) in [6.07, 6.45) is 0. The zero-order valence-electron chi connectivity index (χ0n) is 17.7. The van der Waals surface area contributed by atoms with E-state index in [-0.39, 0.29) is 25.4 Å². The van der Waals surface area contributed by atoms with Crippen LogP contribution in [0.4, 0.5) is 4.39 Å². The van der Waals surface area contributed by atoms with Gasteiger partial charge in [-0.2, -0.15) is 0 Å². The van der Waals surface area contributed by atoms with Crippen LogP contribution in [0.1, 0.15) is 58.2 Å². The Bertz CT molecular complexity index is 800. The van der Waals surface area contributed by atoms with Gasteiger partial charge in [-0.05, 0) is 41.4 Å². The van der Waals surface area contributed by atoms with Crippen molar-refractivity contribution in [3.05, 3.63) is 58.2 Å². The average molecular weight is 458 g/mol. The van der Waals surface area contributed by atoms with Crippen molar-refractivity contribution in [2.75, 3.05) is 0 Å². The third-order valence-corrected chi connectivity index (χ3v) is 5.53. The molecule has 152 valence electrons. The van der Waals surface area contributed by atoms with Crippen LogP contribution in [0.5, 0.6) is 5.75 Å². The Morgan fingerprint density at radius 3 is 2.18 bits per heavy atom. The van der Waals surface area contributed by atoms with Crippen molar-refractivity contribution in [3.8, 4) is 5.75 Å². The van der Waals surface area contributed by atoms with Crippen molar-refractivity contribution >= 4 is 28.5 Å². The SMILES string of the molecule is Cc1cc(Pc2ccc(F)cc2C[N-]C(C)(C)C)c(O)c(C(C)(C)C)c1.[Cl][Ti+]. The van der Waals surface area contributed by atoms with Crippen LogP contribution in [0.15, 0.2) is 30.3 Å². The molecule has 0 fully saturated rings. The Labute approximate surface area is 186 Å². The standard InChI is InChI=1S/C22H30FNOP.ClH.Ti/c1-14-10-17(21(2,3)4)20(25)19(11-14)26-18-9-8-16(23)12-15(18)13-24-22(5,6)7;;/h8-12,25-26H,13H2,1-7H3;1H;/q-1;;+2/p-1. The molecule has 1 N–H and O–H groups in total. The fourth-order valence-corrected chi connectivity index (χ4v) is 4.05. The zero-order valence-corrected chi connectivity index (χ0v) is 21.1. The second-order valence-corrected chi connectivity index (χ2v) is 10.2. The Hall–Kier alpha value is -0.436. The van der Waals surface area contributed by atoms with Crippen LogP contribution in [0.2, 0.25) is 0 Å². The molecule has 1 unspecified atom stereocenters. The van der Waals surface area contributed by atoms with E-state index in [9.17, 15) is 9.50 Å². The Morgan fingerprint density at radius 2 is 1.64 bits per heavy atom. The first kappa shape index (κ1) is 25.6. The van der Waals surface area contributed by atoms with Crippen LogP contribution in [-0.2, 0) is 31.3 Å². The molecule has 0 aliphatic rings. The molecular formula is C22H30ClFNOPTi. The molecule has 28 heavy (non-hydrogen) atoms. The quantitative estimate of drug-likeness (QED) is 0.435. The second-order valence-electron chi connectivity index (χ2n) is 8.87. The van der Waals surface area contributed by atoms with E-state index in [1.54, 1.807) is 6.07 Å². The van der Waals surface area contributed by atoms with Gasteiger partial charge in [0.05, 0.1) is 0 Å². The number of phenolic OH excluding ortho intramolecular Hbond substituents is 1. The number of rotatable bonds is 4. The minimum absolute atomic E-state index is 0.136. The third kappa shape index (κ3) is 7.77. The predicted molar refractivity (Wildman–Crippen MR) is 118 cm³/mol. The van der Waals surface area contributed by atoms with Crippen molar-refractivity contribution < 1.29 is 28.9 Å². The summed E-state index contributed by atoms with van der Waals surface area (Å²) in [5.74, 6) is 0.103. The van der Waals surface area contributed by atoms with Gasteiger partial charge in [0.2, 0.25) is 0 Å². The van der Waals surface area contributed by atoms with Crippen LogP contribution < -0.4 is 10.6 Å². The van der Waals surface area contributed by atoms with Gasteiger partial charge in [-0.15, -0.1) is 12.1 Å². The van der Waals surface area contributed by atoms with Gasteiger partial charge in [0.15, 0.2) is 0 Å². The van der Waals surface area contributed by atoms with E-state index in [4.69, 9.17) is 0 Å². The number of aryl methyl sites for hydroxylation is 1. The third-order valence-electron chi connectivity index (χ3n) is 4.12. The molecule has 0 radical (unpaired) electrons. The van der Waals surface area contributed by atoms with Gasteiger partial charge in [0.1, 0.15) is 11.6 Å². The molecular weight excluding hydrogens is 428 g/mol. The number of hydrogen-bond donors (Lipinski definition) is 1. The summed E-state index contributed by atoms with van der Waals surface area (Å²) in [5.41, 5.74) is 2.65. The van der Waals surface area contributed by atoms with E-state index in [2.05, 4.69) is 35.4 Å². The predicted octanol–water partition coefficient (Wildman–Crippen LogP) is 6.13. The molecule has 2 aromatic rings. The number of hydrogen-bond acceptors (Lipinski definition) is 1. The van der Waals surface area contributed by atoms with Gasteiger partial charge in [-0.25, -0.2) is 4.39 Å². The number of aromatic hydroxyl groups is 1. The molecule has 0 heterocycles. The normalized spacial score (nSPS) is 12.1. The minimum atomic E-state index is -0.249. The van der Waals surface area contributed by atoms with Crippen molar-refractivity contribution in [3.63, 3.8) is 0 Å². The van der Waals surface area contributed by atoms with Crippen molar-refractivity contribution in [2.24, 2.45) is 0 Å². The molecule has 1 atom stereocenters. The van der Waals surface area contributed by atoms with E-state index in [1.165, 1.54) is 25.4 Å². The monoisotopic (exact) mass is 457 g/mol. The summed E-state index contributed by atoms with van der Waals surface area (Å²) < 4.78 is 13.8. The topological polar surface area (TPSA) is 34.3 Å². The maximum atomic E-state index is 13.8. The molecule has 0 bridgehead atoms. The second kappa shape index (κ2) is 10.6. The van der Waals surface area contributed by atoms with Crippen molar-refractivity contribution in [1.29, 1.82) is 0 Å². The summed E-state index contributed by atoms with van der Waals surface area (Å²) in [6.45, 7) is 14.9. The summed E-state index contributed by atoms with van der Waals surface area (Å²) >= 11 is 1.47. The van der Waals surface area contributed by atoms with Gasteiger partial charge in [0.25, 0.3) is 0 Å². The van der Waals surface area contributed by atoms with Gasteiger partial charge in [-0.3, -0.25) is 0 Å². The summed E-state index contributed by atoms with van der Waals surface area (Å²) in [5, 5.41) is 17.4. The van der Waals surface area contributed by atoms with Crippen molar-refractivity contribution in [2.45, 2.75) is 66.0 Å². The number of benzene rings is 2. The van der Waals surface area contributed by atoms with E-state index in [1.807, 2.05) is 45.9 Å². The molecule has 0 saturated carbocycles. The fourth-order valence-electron chi connectivity index (χ4n) is 2.73. The molecule has 2 rings (SSSR count). The molecule has 0 aromatic heterocycles. The fraction of sp³-hybridized carbons (Fsp3) is 0.455. The van der Waals surface area contributed by atoms with E-state index in [0.29, 0.717) is 12.3 Å². The zero-order chi connectivity index (χ0) is 21.7. The molecule has 6 heteroatoms. The van der Waals surface area contributed by atoms with Crippen LogP contribution in [0, 0.1) is 12.7 Å². The van der Waals surface area contributed by atoms with E-state index >= 15 is 0 Å². The first-order valence-electron chi connectivity index (χ1n) is 9.14. The molecule has 2 nitrogen and oxygen atoms in total. The maximum absolute atomic E-state index is 13.8. The molecule has 0 aliphatic heterocycles. The van der Waals surface area contributed by atoms with Gasteiger partial charge >= 0.3 is 28.7 Å². The van der Waals surface area contributed by atoms with Gasteiger partial charge < -0.3 is 10.4 Å². The number of phenols is 1. The van der Waals surface area contributed by atoms with Crippen molar-refractivity contribution in [1.82, 2.24) is 0 Å². The summed E-state index contributed by atoms with van der Waals surface area (Å²) in [6, 6.07) is 8.94. The molecule has 0 saturated heterocycles. The Kier molecular flexibility index (Phi) is 9.65. The van der Waals surface area contributed by atoms with Gasteiger partial charge in [0, 0.05) is 10.9 Å². The molecule has 0 aliphatic carbocycles. The molecule has 2 aromatic carbocycles. The first-order chi connectivity index (χ1) is 12.9.